The third-order valence-electron chi connectivity index (χ3n) is 2.27. The van der Waals surface area contributed by atoms with E-state index in [1.54, 1.807) is 6.92 Å². The zero-order valence-corrected chi connectivity index (χ0v) is 8.24. The topological polar surface area (TPSA) is 41.5 Å². The number of carbonyl (C=O) groups is 1. The molecule has 1 amide bonds. The summed E-state index contributed by atoms with van der Waals surface area (Å²) in [6, 6.07) is 7.69. The highest BCUT2D eigenvalue weighted by Crippen LogP contribution is 2.08. The molecule has 0 saturated heterocycles. The van der Waals surface area contributed by atoms with Crippen LogP contribution in [0.5, 0.6) is 0 Å². The molecule has 1 aliphatic heterocycles. The summed E-state index contributed by atoms with van der Waals surface area (Å²) in [4.78, 5) is 15.4. The number of nitrogens with zero attached hydrogens (tertiary/aromatic N) is 1. The SMILES string of the molecule is Cc1ccc(C2=NC(C)C(=O)N2)cc1. The van der Waals surface area contributed by atoms with Crippen molar-refractivity contribution in [3.05, 3.63) is 35.4 Å². The van der Waals surface area contributed by atoms with Gasteiger partial charge in [-0.25, -0.2) is 0 Å². The van der Waals surface area contributed by atoms with Gasteiger partial charge in [-0.15, -0.1) is 0 Å². The van der Waals surface area contributed by atoms with E-state index in [0.29, 0.717) is 5.84 Å². The monoisotopic (exact) mass is 188 g/mol. The molecule has 0 aliphatic carbocycles. The van der Waals surface area contributed by atoms with Gasteiger partial charge in [-0.3, -0.25) is 9.79 Å². The van der Waals surface area contributed by atoms with E-state index >= 15 is 0 Å². The maximum atomic E-state index is 11.2. The van der Waals surface area contributed by atoms with Crippen molar-refractivity contribution in [2.75, 3.05) is 0 Å². The lowest BCUT2D eigenvalue weighted by Crippen LogP contribution is -2.27. The summed E-state index contributed by atoms with van der Waals surface area (Å²) in [5, 5.41) is 2.75. The van der Waals surface area contributed by atoms with E-state index in [-0.39, 0.29) is 11.9 Å². The van der Waals surface area contributed by atoms with Gasteiger partial charge in [0, 0.05) is 5.56 Å². The smallest absolute Gasteiger partial charge is 0.250 e. The van der Waals surface area contributed by atoms with Crippen molar-refractivity contribution in [1.29, 1.82) is 0 Å². The Hall–Kier alpha value is -1.64. The van der Waals surface area contributed by atoms with E-state index in [4.69, 9.17) is 0 Å². The second kappa shape index (κ2) is 3.25. The Labute approximate surface area is 82.9 Å². The number of amidine groups is 1. The van der Waals surface area contributed by atoms with Crippen LogP contribution in [0.25, 0.3) is 0 Å². The van der Waals surface area contributed by atoms with Gasteiger partial charge in [-0.05, 0) is 13.8 Å². The Kier molecular flexibility index (Phi) is 2.08. The molecule has 3 nitrogen and oxygen atoms in total. The number of aliphatic imine (C=N–C) groups is 1. The minimum absolute atomic E-state index is 0.0272. The van der Waals surface area contributed by atoms with E-state index in [9.17, 15) is 4.79 Å². The normalized spacial score (nSPS) is 20.6. The fraction of sp³-hybridized carbons (Fsp3) is 0.273. The second-order valence-electron chi connectivity index (χ2n) is 3.51. The Morgan fingerprint density at radius 2 is 1.93 bits per heavy atom. The minimum atomic E-state index is -0.258. The molecular weight excluding hydrogens is 176 g/mol. The molecule has 1 aromatic rings. The number of nitrogens with one attached hydrogen (secondary N) is 1. The van der Waals surface area contributed by atoms with E-state index in [0.717, 1.165) is 5.56 Å². The maximum absolute atomic E-state index is 11.2. The average molecular weight is 188 g/mol. The van der Waals surface area contributed by atoms with Gasteiger partial charge in [0.25, 0.3) is 0 Å². The van der Waals surface area contributed by atoms with E-state index in [1.807, 2.05) is 31.2 Å². The number of amides is 1. The van der Waals surface area contributed by atoms with Crippen molar-refractivity contribution in [2.45, 2.75) is 19.9 Å². The van der Waals surface area contributed by atoms with Crippen molar-refractivity contribution in [2.24, 2.45) is 4.99 Å². The van der Waals surface area contributed by atoms with Gasteiger partial charge in [0.2, 0.25) is 5.91 Å². The van der Waals surface area contributed by atoms with E-state index in [2.05, 4.69) is 10.3 Å². The van der Waals surface area contributed by atoms with Gasteiger partial charge in [0.1, 0.15) is 11.9 Å². The molecule has 1 aromatic carbocycles. The van der Waals surface area contributed by atoms with Crippen molar-refractivity contribution < 1.29 is 4.79 Å². The molecule has 0 bridgehead atoms. The standard InChI is InChI=1S/C11H12N2O/c1-7-3-5-9(6-4-7)10-12-8(2)11(14)13-10/h3-6,8H,1-2H3,(H,12,13,14). The van der Waals surface area contributed by atoms with Gasteiger partial charge >= 0.3 is 0 Å². The summed E-state index contributed by atoms with van der Waals surface area (Å²) in [6.45, 7) is 3.82. The molecule has 2 rings (SSSR count). The van der Waals surface area contributed by atoms with E-state index < -0.39 is 0 Å². The lowest BCUT2D eigenvalue weighted by atomic mass is 10.1. The van der Waals surface area contributed by atoms with Crippen LogP contribution in [0.4, 0.5) is 0 Å². The first-order valence-electron chi connectivity index (χ1n) is 4.62. The molecule has 0 radical (unpaired) electrons. The highest BCUT2D eigenvalue weighted by Gasteiger charge is 2.22. The Morgan fingerprint density at radius 1 is 1.29 bits per heavy atom. The number of aryl methyl sites for hydroxylation is 1. The summed E-state index contributed by atoms with van der Waals surface area (Å²) in [5.41, 5.74) is 2.17. The lowest BCUT2D eigenvalue weighted by Gasteiger charge is -2.00. The van der Waals surface area contributed by atoms with Gasteiger partial charge < -0.3 is 5.32 Å². The molecule has 0 fully saturated rings. The predicted molar refractivity (Wildman–Crippen MR) is 55.3 cm³/mol. The zero-order valence-electron chi connectivity index (χ0n) is 8.24. The van der Waals surface area contributed by atoms with Crippen LogP contribution in [-0.2, 0) is 4.79 Å². The molecule has 0 saturated carbocycles. The van der Waals surface area contributed by atoms with Crippen LogP contribution >= 0.6 is 0 Å². The molecule has 0 spiro atoms. The number of carbonyl (C=O) groups excluding carboxylic acids is 1. The summed E-state index contributed by atoms with van der Waals surface area (Å²) < 4.78 is 0. The summed E-state index contributed by atoms with van der Waals surface area (Å²) in [7, 11) is 0. The third-order valence-corrected chi connectivity index (χ3v) is 2.27. The summed E-state index contributed by atoms with van der Waals surface area (Å²) >= 11 is 0. The van der Waals surface area contributed by atoms with Crippen molar-refractivity contribution in [3.63, 3.8) is 0 Å². The van der Waals surface area contributed by atoms with Crippen LogP contribution in [-0.4, -0.2) is 17.8 Å². The molecule has 3 heteroatoms. The largest absolute Gasteiger partial charge is 0.309 e. The van der Waals surface area contributed by atoms with Crippen LogP contribution in [0.3, 0.4) is 0 Å². The van der Waals surface area contributed by atoms with Crippen LogP contribution in [0, 0.1) is 6.92 Å². The van der Waals surface area contributed by atoms with Crippen molar-refractivity contribution in [1.82, 2.24) is 5.32 Å². The van der Waals surface area contributed by atoms with Crippen LogP contribution < -0.4 is 5.32 Å². The molecular formula is C11H12N2O. The van der Waals surface area contributed by atoms with Crippen LogP contribution in [0.1, 0.15) is 18.1 Å². The van der Waals surface area contributed by atoms with Gasteiger partial charge in [-0.1, -0.05) is 29.8 Å². The predicted octanol–water partition coefficient (Wildman–Crippen LogP) is 1.26. The highest BCUT2D eigenvalue weighted by molar-refractivity contribution is 6.13. The van der Waals surface area contributed by atoms with Gasteiger partial charge in [-0.2, -0.15) is 0 Å². The van der Waals surface area contributed by atoms with Crippen LogP contribution in [0.2, 0.25) is 0 Å². The van der Waals surface area contributed by atoms with E-state index in [1.165, 1.54) is 5.56 Å². The molecule has 1 unspecified atom stereocenters. The van der Waals surface area contributed by atoms with Crippen molar-refractivity contribution in [3.8, 4) is 0 Å². The Morgan fingerprint density at radius 3 is 2.43 bits per heavy atom. The number of rotatable bonds is 1. The first-order valence-corrected chi connectivity index (χ1v) is 4.62. The molecule has 1 aliphatic rings. The second-order valence-corrected chi connectivity index (χ2v) is 3.51. The van der Waals surface area contributed by atoms with Crippen LogP contribution in [0.15, 0.2) is 29.3 Å². The molecule has 1 heterocycles. The molecule has 0 aromatic heterocycles. The fourth-order valence-electron chi connectivity index (χ4n) is 1.36. The fourth-order valence-corrected chi connectivity index (χ4v) is 1.36. The Balaban J connectivity index is 2.29. The first-order chi connectivity index (χ1) is 6.66. The first kappa shape index (κ1) is 8.94. The molecule has 14 heavy (non-hydrogen) atoms. The number of hydrogen-bond donors (Lipinski definition) is 1. The lowest BCUT2D eigenvalue weighted by molar-refractivity contribution is -0.119. The Bertz CT molecular complexity index is 392. The molecule has 1 atom stereocenters. The molecule has 72 valence electrons. The highest BCUT2D eigenvalue weighted by atomic mass is 16.2. The van der Waals surface area contributed by atoms with Gasteiger partial charge in [0.15, 0.2) is 0 Å². The third kappa shape index (κ3) is 1.53. The molecule has 1 N–H and O–H groups in total. The zero-order chi connectivity index (χ0) is 10.1. The number of hydrogen-bond acceptors (Lipinski definition) is 2. The maximum Gasteiger partial charge on any atom is 0.250 e. The van der Waals surface area contributed by atoms with Gasteiger partial charge in [0.05, 0.1) is 0 Å². The van der Waals surface area contributed by atoms with Crippen molar-refractivity contribution >= 4 is 11.7 Å². The summed E-state index contributed by atoms with van der Waals surface area (Å²) in [5.74, 6) is 0.656. The number of benzene rings is 1. The summed E-state index contributed by atoms with van der Waals surface area (Å²) in [6.07, 6.45) is 0. The minimum Gasteiger partial charge on any atom is -0.309 e. The quantitative estimate of drug-likeness (QED) is 0.708. The average Bonchev–Trinajstić information content (AvgIpc) is 2.48.